The quantitative estimate of drug-likeness (QED) is 0.835. The van der Waals surface area contributed by atoms with E-state index in [-0.39, 0.29) is 5.75 Å². The second-order valence-corrected chi connectivity index (χ2v) is 9.36. The Bertz CT molecular complexity index is 360. The summed E-state index contributed by atoms with van der Waals surface area (Å²) in [5, 5.41) is 0. The highest BCUT2D eigenvalue weighted by Gasteiger charge is 2.31. The number of nitrogens with two attached hydrogens (primary N) is 1. The van der Waals surface area contributed by atoms with Gasteiger partial charge in [0.2, 0.25) is 0 Å². The Morgan fingerprint density at radius 2 is 1.94 bits per heavy atom. The van der Waals surface area contributed by atoms with E-state index in [4.69, 9.17) is 5.73 Å². The first-order valence-electron chi connectivity index (χ1n) is 6.82. The van der Waals surface area contributed by atoms with Crippen LogP contribution in [0.2, 0.25) is 0 Å². The third kappa shape index (κ3) is 3.93. The normalized spacial score (nSPS) is 27.4. The van der Waals surface area contributed by atoms with Gasteiger partial charge in [-0.3, -0.25) is 0 Å². The predicted molar refractivity (Wildman–Crippen MR) is 76.3 cm³/mol. The standard InChI is InChI=1S/C13H28N2O2S/c1-11-5-6-15(10-12(11)9-14)7-8-18(16,17)13(2,3)4/h11-12H,5-10,14H2,1-4H3. The molecule has 1 heterocycles. The van der Waals surface area contributed by atoms with Crippen LogP contribution < -0.4 is 5.73 Å². The fourth-order valence-corrected chi connectivity index (χ4v) is 3.40. The average molecular weight is 276 g/mol. The lowest BCUT2D eigenvalue weighted by Gasteiger charge is -2.36. The molecule has 0 aromatic rings. The molecule has 4 nitrogen and oxygen atoms in total. The SMILES string of the molecule is CC1CCN(CCS(=O)(=O)C(C)(C)C)CC1CN. The lowest BCUT2D eigenvalue weighted by atomic mass is 9.87. The monoisotopic (exact) mass is 276 g/mol. The minimum Gasteiger partial charge on any atom is -0.330 e. The number of rotatable bonds is 4. The molecule has 1 aliphatic rings. The average Bonchev–Trinajstić information content (AvgIpc) is 2.26. The molecule has 0 radical (unpaired) electrons. The van der Waals surface area contributed by atoms with Crippen molar-refractivity contribution in [3.8, 4) is 0 Å². The first-order valence-corrected chi connectivity index (χ1v) is 8.47. The molecule has 18 heavy (non-hydrogen) atoms. The van der Waals surface area contributed by atoms with E-state index >= 15 is 0 Å². The van der Waals surface area contributed by atoms with Gasteiger partial charge >= 0.3 is 0 Å². The van der Waals surface area contributed by atoms with Gasteiger partial charge in [0.15, 0.2) is 9.84 Å². The van der Waals surface area contributed by atoms with E-state index < -0.39 is 14.6 Å². The van der Waals surface area contributed by atoms with Crippen molar-refractivity contribution in [2.75, 3.05) is 31.9 Å². The zero-order chi connectivity index (χ0) is 14.0. The summed E-state index contributed by atoms with van der Waals surface area (Å²) >= 11 is 0. The zero-order valence-electron chi connectivity index (χ0n) is 12.1. The summed E-state index contributed by atoms with van der Waals surface area (Å²) in [7, 11) is -3.01. The number of sulfone groups is 1. The molecule has 0 saturated carbocycles. The number of piperidine rings is 1. The highest BCUT2D eigenvalue weighted by Crippen LogP contribution is 2.23. The van der Waals surface area contributed by atoms with Crippen molar-refractivity contribution in [1.82, 2.24) is 4.90 Å². The van der Waals surface area contributed by atoms with Crippen LogP contribution >= 0.6 is 0 Å². The Hall–Kier alpha value is -0.130. The minimum atomic E-state index is -3.01. The number of hydrogen-bond acceptors (Lipinski definition) is 4. The Morgan fingerprint density at radius 3 is 2.44 bits per heavy atom. The van der Waals surface area contributed by atoms with E-state index in [0.29, 0.717) is 24.9 Å². The van der Waals surface area contributed by atoms with Crippen LogP contribution in [-0.4, -0.2) is 50.0 Å². The van der Waals surface area contributed by atoms with Crippen LogP contribution in [0.1, 0.15) is 34.1 Å². The molecule has 1 aliphatic heterocycles. The number of nitrogens with zero attached hydrogens (tertiary/aromatic N) is 1. The summed E-state index contributed by atoms with van der Waals surface area (Å²) in [6.07, 6.45) is 1.12. The van der Waals surface area contributed by atoms with E-state index in [0.717, 1.165) is 19.5 Å². The first kappa shape index (κ1) is 15.9. The van der Waals surface area contributed by atoms with Gasteiger partial charge in [-0.05, 0) is 52.1 Å². The molecule has 2 atom stereocenters. The van der Waals surface area contributed by atoms with Crippen molar-refractivity contribution in [1.29, 1.82) is 0 Å². The van der Waals surface area contributed by atoms with Crippen LogP contribution in [0.4, 0.5) is 0 Å². The summed E-state index contributed by atoms with van der Waals surface area (Å²) in [5.74, 6) is 1.42. The van der Waals surface area contributed by atoms with Crippen molar-refractivity contribution in [2.45, 2.75) is 38.9 Å². The first-order chi connectivity index (χ1) is 8.17. The zero-order valence-corrected chi connectivity index (χ0v) is 13.0. The molecule has 1 rings (SSSR count). The van der Waals surface area contributed by atoms with Crippen LogP contribution in [0, 0.1) is 11.8 Å². The van der Waals surface area contributed by atoms with E-state index in [2.05, 4.69) is 11.8 Å². The summed E-state index contributed by atoms with van der Waals surface area (Å²) in [4.78, 5) is 2.25. The Balaban J connectivity index is 2.50. The Morgan fingerprint density at radius 1 is 1.33 bits per heavy atom. The molecule has 0 amide bonds. The van der Waals surface area contributed by atoms with E-state index in [1.165, 1.54) is 0 Å². The van der Waals surface area contributed by atoms with Crippen LogP contribution in [0.3, 0.4) is 0 Å². The molecule has 2 unspecified atom stereocenters. The van der Waals surface area contributed by atoms with Gasteiger partial charge in [-0.25, -0.2) is 8.42 Å². The van der Waals surface area contributed by atoms with Gasteiger partial charge in [-0.2, -0.15) is 0 Å². The highest BCUT2D eigenvalue weighted by molar-refractivity contribution is 7.92. The van der Waals surface area contributed by atoms with Crippen molar-refractivity contribution in [3.05, 3.63) is 0 Å². The van der Waals surface area contributed by atoms with Crippen molar-refractivity contribution >= 4 is 9.84 Å². The smallest absolute Gasteiger partial charge is 0.156 e. The molecular weight excluding hydrogens is 248 g/mol. The van der Waals surface area contributed by atoms with Gasteiger partial charge in [-0.1, -0.05) is 6.92 Å². The van der Waals surface area contributed by atoms with Gasteiger partial charge in [0.1, 0.15) is 0 Å². The second-order valence-electron chi connectivity index (χ2n) is 6.49. The molecule has 1 saturated heterocycles. The van der Waals surface area contributed by atoms with Crippen molar-refractivity contribution in [3.63, 3.8) is 0 Å². The summed E-state index contributed by atoms with van der Waals surface area (Å²) in [5.41, 5.74) is 5.76. The third-order valence-corrected chi connectivity index (χ3v) is 6.70. The topological polar surface area (TPSA) is 63.4 Å². The molecule has 2 N–H and O–H groups in total. The van der Waals surface area contributed by atoms with Gasteiger partial charge in [-0.15, -0.1) is 0 Å². The number of hydrogen-bond donors (Lipinski definition) is 1. The molecule has 1 fully saturated rings. The predicted octanol–water partition coefficient (Wildman–Crippen LogP) is 1.12. The number of likely N-dealkylation sites (tertiary alicyclic amines) is 1. The highest BCUT2D eigenvalue weighted by atomic mass is 32.2. The largest absolute Gasteiger partial charge is 0.330 e. The lowest BCUT2D eigenvalue weighted by molar-refractivity contribution is 0.139. The van der Waals surface area contributed by atoms with Crippen LogP contribution in [0.5, 0.6) is 0 Å². The maximum atomic E-state index is 12.1. The third-order valence-electron chi connectivity index (χ3n) is 4.11. The maximum Gasteiger partial charge on any atom is 0.156 e. The maximum absolute atomic E-state index is 12.1. The summed E-state index contributed by atoms with van der Waals surface area (Å²) in [6.45, 7) is 10.8. The van der Waals surface area contributed by atoms with E-state index in [1.807, 2.05) is 0 Å². The van der Waals surface area contributed by atoms with Gasteiger partial charge in [0.25, 0.3) is 0 Å². The molecule has 0 aliphatic carbocycles. The molecule has 108 valence electrons. The second kappa shape index (κ2) is 5.88. The fraction of sp³-hybridized carbons (Fsp3) is 1.00. The van der Waals surface area contributed by atoms with Crippen LogP contribution in [0.15, 0.2) is 0 Å². The van der Waals surface area contributed by atoms with Gasteiger partial charge < -0.3 is 10.6 Å². The Labute approximate surface area is 112 Å². The van der Waals surface area contributed by atoms with Crippen LogP contribution in [0.25, 0.3) is 0 Å². The van der Waals surface area contributed by atoms with Gasteiger partial charge in [0, 0.05) is 13.1 Å². The molecule has 5 heteroatoms. The molecule has 0 aromatic carbocycles. The molecular formula is C13H28N2O2S. The fourth-order valence-electron chi connectivity index (χ4n) is 2.29. The summed E-state index contributed by atoms with van der Waals surface area (Å²) in [6, 6.07) is 0. The molecule has 0 spiro atoms. The van der Waals surface area contributed by atoms with Gasteiger partial charge in [0.05, 0.1) is 10.5 Å². The van der Waals surface area contributed by atoms with Crippen molar-refractivity contribution in [2.24, 2.45) is 17.6 Å². The molecule has 0 aromatic heterocycles. The van der Waals surface area contributed by atoms with Crippen LogP contribution in [-0.2, 0) is 9.84 Å². The minimum absolute atomic E-state index is 0.252. The Kier molecular flexibility index (Phi) is 5.21. The lowest BCUT2D eigenvalue weighted by Crippen LogP contribution is -2.45. The molecule has 0 bridgehead atoms. The van der Waals surface area contributed by atoms with E-state index in [1.54, 1.807) is 20.8 Å². The van der Waals surface area contributed by atoms with Crippen molar-refractivity contribution < 1.29 is 8.42 Å². The summed E-state index contributed by atoms with van der Waals surface area (Å²) < 4.78 is 23.5. The van der Waals surface area contributed by atoms with E-state index in [9.17, 15) is 8.42 Å².